The number of benzene rings is 1. The van der Waals surface area contributed by atoms with Crippen LogP contribution in [0.15, 0.2) is 18.2 Å². The van der Waals surface area contributed by atoms with Crippen molar-refractivity contribution in [2.45, 2.75) is 64.5 Å². The molecule has 184 valence electrons. The van der Waals surface area contributed by atoms with Crippen LogP contribution in [-0.2, 0) is 32.0 Å². The van der Waals surface area contributed by atoms with E-state index in [4.69, 9.17) is 4.74 Å². The molecule has 34 heavy (non-hydrogen) atoms. The number of nitrogens with zero attached hydrogens (tertiary/aromatic N) is 2. The number of rotatable bonds is 5. The van der Waals surface area contributed by atoms with Gasteiger partial charge in [-0.25, -0.2) is 4.79 Å². The van der Waals surface area contributed by atoms with Gasteiger partial charge in [-0.2, -0.15) is 0 Å². The van der Waals surface area contributed by atoms with Crippen LogP contribution < -0.4 is 10.6 Å². The number of imide groups is 1. The molecule has 2 aliphatic heterocycles. The lowest BCUT2D eigenvalue weighted by atomic mass is 9.94. The summed E-state index contributed by atoms with van der Waals surface area (Å²) in [6, 6.07) is 5.14. The van der Waals surface area contributed by atoms with Gasteiger partial charge in [-0.3, -0.25) is 19.7 Å². The smallest absolute Gasteiger partial charge is 0.324 e. The van der Waals surface area contributed by atoms with Crippen molar-refractivity contribution in [1.82, 2.24) is 15.1 Å². The minimum Gasteiger partial charge on any atom is -0.376 e. The standard InChI is InChI=1S/C25H34N4O5/c1-24(2,3)22(32)29(14-19-7-5-6-10-34-19)15-20(30)26-18-9-8-16-12-25(13-17(16)11-18)21(31)27-23(33)28(25)4/h8-9,11,19H,5-7,10,12-15H2,1-4H3,(H,26,30)(H,27,31,33). The molecule has 3 aliphatic rings. The average Bonchev–Trinajstić information content (AvgIpc) is 3.26. The highest BCUT2D eigenvalue weighted by molar-refractivity contribution is 6.07. The second-order valence-corrected chi connectivity index (χ2v) is 10.7. The molecule has 9 nitrogen and oxygen atoms in total. The summed E-state index contributed by atoms with van der Waals surface area (Å²) in [6.07, 6.45) is 3.75. The topological polar surface area (TPSA) is 108 Å². The molecule has 0 saturated carbocycles. The summed E-state index contributed by atoms with van der Waals surface area (Å²) in [5, 5.41) is 5.29. The van der Waals surface area contributed by atoms with Crippen LogP contribution in [0.1, 0.15) is 51.2 Å². The zero-order valence-electron chi connectivity index (χ0n) is 20.4. The second kappa shape index (κ2) is 9.02. The van der Waals surface area contributed by atoms with Gasteiger partial charge in [0.2, 0.25) is 11.8 Å². The minimum absolute atomic E-state index is 0.0544. The number of nitrogens with one attached hydrogen (secondary N) is 2. The monoisotopic (exact) mass is 470 g/mol. The molecular formula is C25H34N4O5. The maximum absolute atomic E-state index is 13.0. The Labute approximate surface area is 200 Å². The highest BCUT2D eigenvalue weighted by Crippen LogP contribution is 2.38. The van der Waals surface area contributed by atoms with Crippen molar-refractivity contribution >= 4 is 29.4 Å². The van der Waals surface area contributed by atoms with Crippen LogP contribution in [0.25, 0.3) is 0 Å². The number of amides is 5. The first-order valence-electron chi connectivity index (χ1n) is 11.9. The van der Waals surface area contributed by atoms with Gasteiger partial charge in [0.05, 0.1) is 12.6 Å². The van der Waals surface area contributed by atoms with E-state index in [-0.39, 0.29) is 30.4 Å². The van der Waals surface area contributed by atoms with Crippen molar-refractivity contribution in [2.75, 3.05) is 32.1 Å². The molecule has 2 unspecified atom stereocenters. The zero-order valence-corrected chi connectivity index (χ0v) is 20.4. The van der Waals surface area contributed by atoms with E-state index in [1.165, 1.54) is 4.90 Å². The molecule has 1 aliphatic carbocycles. The lowest BCUT2D eigenvalue weighted by Gasteiger charge is -2.33. The molecule has 2 saturated heterocycles. The van der Waals surface area contributed by atoms with E-state index in [0.29, 0.717) is 31.7 Å². The van der Waals surface area contributed by atoms with E-state index >= 15 is 0 Å². The third-order valence-electron chi connectivity index (χ3n) is 7.01. The van der Waals surface area contributed by atoms with E-state index in [0.717, 1.165) is 30.4 Å². The van der Waals surface area contributed by atoms with Crippen molar-refractivity contribution in [2.24, 2.45) is 5.41 Å². The van der Waals surface area contributed by atoms with Gasteiger partial charge >= 0.3 is 6.03 Å². The van der Waals surface area contributed by atoms with Crippen LogP contribution in [-0.4, -0.2) is 71.9 Å². The lowest BCUT2D eigenvalue weighted by Crippen LogP contribution is -2.48. The van der Waals surface area contributed by atoms with Crippen molar-refractivity contribution < 1.29 is 23.9 Å². The largest absolute Gasteiger partial charge is 0.376 e. The van der Waals surface area contributed by atoms with Crippen LogP contribution >= 0.6 is 0 Å². The molecule has 4 rings (SSSR count). The molecule has 9 heteroatoms. The number of carbonyl (C=O) groups excluding carboxylic acids is 4. The van der Waals surface area contributed by atoms with E-state index in [1.54, 1.807) is 18.0 Å². The van der Waals surface area contributed by atoms with Crippen molar-refractivity contribution in [3.63, 3.8) is 0 Å². The summed E-state index contributed by atoms with van der Waals surface area (Å²) < 4.78 is 5.81. The number of anilines is 1. The van der Waals surface area contributed by atoms with Gasteiger partial charge in [0.15, 0.2) is 0 Å². The van der Waals surface area contributed by atoms with E-state index in [1.807, 2.05) is 32.9 Å². The summed E-state index contributed by atoms with van der Waals surface area (Å²) in [5.74, 6) is -0.664. The third-order valence-corrected chi connectivity index (χ3v) is 7.01. The van der Waals surface area contributed by atoms with E-state index in [2.05, 4.69) is 10.6 Å². The summed E-state index contributed by atoms with van der Waals surface area (Å²) in [4.78, 5) is 53.5. The van der Waals surface area contributed by atoms with Gasteiger partial charge in [-0.15, -0.1) is 0 Å². The molecule has 2 N–H and O–H groups in total. The Bertz CT molecular complexity index is 1010. The fraction of sp³-hybridized carbons (Fsp3) is 0.600. The van der Waals surface area contributed by atoms with Crippen LogP contribution in [0.5, 0.6) is 0 Å². The van der Waals surface area contributed by atoms with Crippen LogP contribution in [0, 0.1) is 5.41 Å². The summed E-state index contributed by atoms with van der Waals surface area (Å²) in [6.45, 7) is 6.56. The van der Waals surface area contributed by atoms with Gasteiger partial charge < -0.3 is 19.9 Å². The number of likely N-dealkylation sites (N-methyl/N-ethyl adjacent to an activating group) is 1. The fourth-order valence-electron chi connectivity index (χ4n) is 5.04. The number of carbonyl (C=O) groups is 4. The first-order chi connectivity index (χ1) is 16.0. The second-order valence-electron chi connectivity index (χ2n) is 10.7. The molecule has 0 aromatic heterocycles. The third kappa shape index (κ3) is 4.66. The van der Waals surface area contributed by atoms with Crippen LogP contribution in [0.2, 0.25) is 0 Å². The molecule has 1 aromatic rings. The Balaban J connectivity index is 1.44. The number of urea groups is 1. The number of ether oxygens (including phenoxy) is 1. The Morgan fingerprint density at radius 3 is 2.56 bits per heavy atom. The normalized spacial score (nSPS) is 24.2. The highest BCUT2D eigenvalue weighted by atomic mass is 16.5. The predicted molar refractivity (Wildman–Crippen MR) is 126 cm³/mol. The van der Waals surface area contributed by atoms with Crippen LogP contribution in [0.4, 0.5) is 10.5 Å². The summed E-state index contributed by atoms with van der Waals surface area (Å²) in [5.41, 5.74) is 0.992. The highest BCUT2D eigenvalue weighted by Gasteiger charge is 2.54. The zero-order chi connectivity index (χ0) is 24.7. The van der Waals surface area contributed by atoms with Crippen molar-refractivity contribution in [1.29, 1.82) is 0 Å². The fourth-order valence-corrected chi connectivity index (χ4v) is 5.04. The van der Waals surface area contributed by atoms with E-state index in [9.17, 15) is 19.2 Å². The summed E-state index contributed by atoms with van der Waals surface area (Å²) in [7, 11) is 1.63. The van der Waals surface area contributed by atoms with Gasteiger partial charge in [0, 0.05) is 44.1 Å². The van der Waals surface area contributed by atoms with Crippen LogP contribution in [0.3, 0.4) is 0 Å². The number of hydrogen-bond donors (Lipinski definition) is 2. The Kier molecular flexibility index (Phi) is 6.42. The first-order valence-corrected chi connectivity index (χ1v) is 11.9. The molecule has 2 fully saturated rings. The van der Waals surface area contributed by atoms with Crippen molar-refractivity contribution in [3.8, 4) is 0 Å². The predicted octanol–water partition coefficient (Wildman–Crippen LogP) is 2.09. The van der Waals surface area contributed by atoms with E-state index < -0.39 is 17.0 Å². The van der Waals surface area contributed by atoms with Gasteiger partial charge in [0.25, 0.3) is 5.91 Å². The summed E-state index contributed by atoms with van der Waals surface area (Å²) >= 11 is 0. The molecule has 1 aromatic carbocycles. The molecule has 0 radical (unpaired) electrons. The van der Waals surface area contributed by atoms with Gasteiger partial charge in [-0.05, 0) is 42.5 Å². The molecule has 2 heterocycles. The number of fused-ring (bicyclic) bond motifs is 1. The minimum atomic E-state index is -0.905. The molecular weight excluding hydrogens is 436 g/mol. The average molecular weight is 471 g/mol. The number of hydrogen-bond acceptors (Lipinski definition) is 5. The molecule has 1 spiro atoms. The Morgan fingerprint density at radius 2 is 1.94 bits per heavy atom. The first kappa shape index (κ1) is 24.2. The van der Waals surface area contributed by atoms with Gasteiger partial charge in [-0.1, -0.05) is 26.8 Å². The molecule has 5 amide bonds. The molecule has 0 bridgehead atoms. The quantitative estimate of drug-likeness (QED) is 0.641. The molecule has 2 atom stereocenters. The van der Waals surface area contributed by atoms with Gasteiger partial charge in [0.1, 0.15) is 5.54 Å². The Morgan fingerprint density at radius 1 is 1.21 bits per heavy atom. The Hall–Kier alpha value is -2.94. The lowest BCUT2D eigenvalue weighted by molar-refractivity contribution is -0.144. The van der Waals surface area contributed by atoms with Crippen molar-refractivity contribution in [3.05, 3.63) is 29.3 Å². The SMILES string of the molecule is CN1C(=O)NC(=O)C12Cc1ccc(NC(=O)CN(CC3CCCCO3)C(=O)C(C)(C)C)cc1C2. The maximum Gasteiger partial charge on any atom is 0.324 e. The maximum atomic E-state index is 13.0.